The van der Waals surface area contributed by atoms with E-state index in [2.05, 4.69) is 49.4 Å². The van der Waals surface area contributed by atoms with Crippen molar-refractivity contribution in [2.24, 2.45) is 11.8 Å². The average molecular weight is 343 g/mol. The van der Waals surface area contributed by atoms with Gasteiger partial charge >= 0.3 is 6.03 Å². The number of likely N-dealkylation sites (tertiary alicyclic amines) is 1. The van der Waals surface area contributed by atoms with E-state index in [1.54, 1.807) is 0 Å². The number of hydrogen-bond acceptors (Lipinski definition) is 3. The fourth-order valence-corrected chi connectivity index (χ4v) is 5.12. The molecule has 5 nitrogen and oxygen atoms in total. The molecule has 1 aromatic carbocycles. The number of ether oxygens (including phenoxy) is 1. The summed E-state index contributed by atoms with van der Waals surface area (Å²) in [6.45, 7) is 5.28. The molecule has 3 saturated heterocycles. The standard InChI is InChI=1S/C20H29N3O2/c1-14-5-4-6-15(9-14)10-21-19(24)23-12-17-16(11-22(2)3)18-7-8-20(17,13-23)25-18/h4-6,9,16-18H,7-8,10-13H2,1-3H3,(H,21,24)/t16-,17+,18+,20+/m0/s1. The summed E-state index contributed by atoms with van der Waals surface area (Å²) in [4.78, 5) is 16.9. The molecular weight excluding hydrogens is 314 g/mol. The molecule has 0 unspecified atom stereocenters. The van der Waals surface area contributed by atoms with E-state index in [4.69, 9.17) is 4.74 Å². The lowest BCUT2D eigenvalue weighted by Crippen LogP contribution is -2.41. The van der Waals surface area contributed by atoms with Crippen molar-refractivity contribution in [3.8, 4) is 0 Å². The number of nitrogens with one attached hydrogen (secondary N) is 1. The Bertz CT molecular complexity index is 662. The molecule has 3 aliphatic heterocycles. The molecule has 25 heavy (non-hydrogen) atoms. The number of carbonyl (C=O) groups is 1. The van der Waals surface area contributed by atoms with Crippen LogP contribution in [0, 0.1) is 18.8 Å². The molecule has 5 heteroatoms. The van der Waals surface area contributed by atoms with Gasteiger partial charge in [0.05, 0.1) is 18.2 Å². The zero-order valence-electron chi connectivity index (χ0n) is 15.5. The maximum Gasteiger partial charge on any atom is 0.317 e. The lowest BCUT2D eigenvalue weighted by atomic mass is 9.73. The van der Waals surface area contributed by atoms with E-state index in [0.717, 1.165) is 38.0 Å². The van der Waals surface area contributed by atoms with Crippen molar-refractivity contribution in [2.75, 3.05) is 33.7 Å². The summed E-state index contributed by atoms with van der Waals surface area (Å²) in [6.07, 6.45) is 2.65. The highest BCUT2D eigenvalue weighted by Crippen LogP contribution is 2.54. The topological polar surface area (TPSA) is 44.8 Å². The summed E-state index contributed by atoms with van der Waals surface area (Å²) in [6, 6.07) is 8.33. The number of hydrogen-bond donors (Lipinski definition) is 1. The highest BCUT2D eigenvalue weighted by atomic mass is 16.5. The third-order valence-corrected chi connectivity index (χ3v) is 6.17. The Balaban J connectivity index is 1.39. The molecule has 1 N–H and O–H groups in total. The van der Waals surface area contributed by atoms with Gasteiger partial charge in [0.25, 0.3) is 0 Å². The maximum absolute atomic E-state index is 12.7. The molecule has 0 aromatic heterocycles. The Morgan fingerprint density at radius 2 is 2.28 bits per heavy atom. The first-order chi connectivity index (χ1) is 12.0. The Kier molecular flexibility index (Phi) is 4.24. The number of nitrogens with zero attached hydrogens (tertiary/aromatic N) is 2. The van der Waals surface area contributed by atoms with Crippen LogP contribution < -0.4 is 5.32 Å². The predicted molar refractivity (Wildman–Crippen MR) is 97.4 cm³/mol. The lowest BCUT2D eigenvalue weighted by molar-refractivity contribution is 0.00492. The van der Waals surface area contributed by atoms with Crippen molar-refractivity contribution in [3.05, 3.63) is 35.4 Å². The number of amides is 2. The molecule has 4 rings (SSSR count). The summed E-state index contributed by atoms with van der Waals surface area (Å²) in [5.41, 5.74) is 2.29. The largest absolute Gasteiger partial charge is 0.369 e. The smallest absolute Gasteiger partial charge is 0.317 e. The zero-order valence-corrected chi connectivity index (χ0v) is 15.5. The second kappa shape index (κ2) is 6.29. The summed E-state index contributed by atoms with van der Waals surface area (Å²) in [5, 5.41) is 3.09. The van der Waals surface area contributed by atoms with Crippen LogP contribution in [-0.2, 0) is 11.3 Å². The van der Waals surface area contributed by atoms with E-state index in [0.29, 0.717) is 24.5 Å². The molecule has 4 atom stereocenters. The van der Waals surface area contributed by atoms with Crippen LogP contribution in [0.15, 0.2) is 24.3 Å². The maximum atomic E-state index is 12.7. The van der Waals surface area contributed by atoms with Crippen LogP contribution >= 0.6 is 0 Å². The van der Waals surface area contributed by atoms with Crippen LogP contribution in [0.4, 0.5) is 4.79 Å². The van der Waals surface area contributed by atoms with Gasteiger partial charge in [-0.1, -0.05) is 29.8 Å². The average Bonchev–Trinajstić information content (AvgIpc) is 3.22. The first-order valence-corrected chi connectivity index (χ1v) is 9.38. The second-order valence-electron chi connectivity index (χ2n) is 8.32. The number of benzene rings is 1. The van der Waals surface area contributed by atoms with E-state index in [9.17, 15) is 4.79 Å². The van der Waals surface area contributed by atoms with E-state index >= 15 is 0 Å². The third kappa shape index (κ3) is 3.04. The van der Waals surface area contributed by atoms with Gasteiger partial charge in [-0.2, -0.15) is 0 Å². The Labute approximate surface area is 150 Å². The van der Waals surface area contributed by atoms with E-state index in [1.807, 2.05) is 11.0 Å². The molecule has 2 amide bonds. The minimum Gasteiger partial charge on any atom is -0.369 e. The minimum atomic E-state index is -0.0774. The van der Waals surface area contributed by atoms with Gasteiger partial charge in [0.2, 0.25) is 0 Å². The van der Waals surface area contributed by atoms with Crippen molar-refractivity contribution in [1.29, 1.82) is 0 Å². The SMILES string of the molecule is Cc1cccc(CNC(=O)N2C[C@@H]3[C@H](CN(C)C)[C@H]4CC[C@]3(C2)O4)c1. The normalized spacial score (nSPS) is 33.1. The summed E-state index contributed by atoms with van der Waals surface area (Å²) >= 11 is 0. The molecule has 3 fully saturated rings. The highest BCUT2D eigenvalue weighted by Gasteiger charge is 2.63. The summed E-state index contributed by atoms with van der Waals surface area (Å²) in [7, 11) is 4.25. The van der Waals surface area contributed by atoms with Crippen molar-refractivity contribution < 1.29 is 9.53 Å². The molecule has 0 saturated carbocycles. The number of urea groups is 1. The predicted octanol–water partition coefficient (Wildman–Crippen LogP) is 2.25. The van der Waals surface area contributed by atoms with Crippen LogP contribution in [-0.4, -0.2) is 61.3 Å². The number of fused-ring (bicyclic) bond motifs is 1. The molecule has 3 aliphatic rings. The Morgan fingerprint density at radius 3 is 3.04 bits per heavy atom. The summed E-state index contributed by atoms with van der Waals surface area (Å²) < 4.78 is 6.41. The van der Waals surface area contributed by atoms with Crippen molar-refractivity contribution in [3.63, 3.8) is 0 Å². The van der Waals surface area contributed by atoms with Crippen LogP contribution in [0.3, 0.4) is 0 Å². The zero-order chi connectivity index (χ0) is 17.6. The van der Waals surface area contributed by atoms with Gasteiger partial charge in [-0.15, -0.1) is 0 Å². The van der Waals surface area contributed by atoms with E-state index in [-0.39, 0.29) is 11.6 Å². The van der Waals surface area contributed by atoms with Gasteiger partial charge in [0.15, 0.2) is 0 Å². The number of aryl methyl sites for hydroxylation is 1. The monoisotopic (exact) mass is 343 g/mol. The molecule has 3 heterocycles. The Hall–Kier alpha value is -1.59. The van der Waals surface area contributed by atoms with Crippen molar-refractivity contribution in [1.82, 2.24) is 15.1 Å². The van der Waals surface area contributed by atoms with Gasteiger partial charge in [-0.05, 0) is 39.4 Å². The second-order valence-corrected chi connectivity index (χ2v) is 8.32. The third-order valence-electron chi connectivity index (χ3n) is 6.17. The number of carbonyl (C=O) groups excluding carboxylic acids is 1. The van der Waals surface area contributed by atoms with Crippen molar-refractivity contribution >= 4 is 6.03 Å². The van der Waals surface area contributed by atoms with Gasteiger partial charge in [-0.3, -0.25) is 0 Å². The number of rotatable bonds is 4. The molecule has 2 bridgehead atoms. The molecule has 1 spiro atoms. The van der Waals surface area contributed by atoms with Crippen LogP contribution in [0.1, 0.15) is 24.0 Å². The molecular formula is C20H29N3O2. The minimum absolute atomic E-state index is 0.0425. The van der Waals surface area contributed by atoms with Crippen molar-refractivity contribution in [2.45, 2.75) is 38.0 Å². The quantitative estimate of drug-likeness (QED) is 0.912. The first-order valence-electron chi connectivity index (χ1n) is 9.38. The lowest BCUT2D eigenvalue weighted by Gasteiger charge is -2.30. The molecule has 136 valence electrons. The van der Waals surface area contributed by atoms with E-state index in [1.165, 1.54) is 5.56 Å². The van der Waals surface area contributed by atoms with Gasteiger partial charge in [0.1, 0.15) is 0 Å². The van der Waals surface area contributed by atoms with Crippen LogP contribution in [0.2, 0.25) is 0 Å². The van der Waals surface area contributed by atoms with Gasteiger partial charge < -0.3 is 19.9 Å². The fraction of sp³-hybridized carbons (Fsp3) is 0.650. The first kappa shape index (κ1) is 16.9. The van der Waals surface area contributed by atoms with Crippen LogP contribution in [0.5, 0.6) is 0 Å². The molecule has 0 radical (unpaired) electrons. The Morgan fingerprint density at radius 1 is 1.44 bits per heavy atom. The summed E-state index contributed by atoms with van der Waals surface area (Å²) in [5.74, 6) is 1.04. The van der Waals surface area contributed by atoms with Gasteiger partial charge in [-0.25, -0.2) is 4.79 Å². The fourth-order valence-electron chi connectivity index (χ4n) is 5.12. The molecule has 1 aromatic rings. The van der Waals surface area contributed by atoms with E-state index < -0.39 is 0 Å². The van der Waals surface area contributed by atoms with Crippen LogP contribution in [0.25, 0.3) is 0 Å². The van der Waals surface area contributed by atoms with Gasteiger partial charge in [0, 0.05) is 31.5 Å². The molecule has 0 aliphatic carbocycles. The highest BCUT2D eigenvalue weighted by molar-refractivity contribution is 5.74.